The first kappa shape index (κ1) is 16.4. The van der Waals surface area contributed by atoms with Crippen LogP contribution in [0.5, 0.6) is 0 Å². The van der Waals surface area contributed by atoms with E-state index in [1.165, 1.54) is 25.7 Å². The average molecular weight is 242 g/mol. The van der Waals surface area contributed by atoms with E-state index in [9.17, 15) is 4.79 Å². The third kappa shape index (κ3) is 10.3. The highest BCUT2D eigenvalue weighted by Gasteiger charge is 2.18. The van der Waals surface area contributed by atoms with E-state index in [1.54, 1.807) is 0 Å². The summed E-state index contributed by atoms with van der Waals surface area (Å²) < 4.78 is 0. The molecule has 0 aromatic heterocycles. The molecule has 0 bridgehead atoms. The third-order valence-electron chi connectivity index (χ3n) is 2.62. The van der Waals surface area contributed by atoms with Gasteiger partial charge in [0.15, 0.2) is 0 Å². The van der Waals surface area contributed by atoms with Crippen LogP contribution in [-0.2, 0) is 4.79 Å². The summed E-state index contributed by atoms with van der Waals surface area (Å²) >= 11 is 0. The Labute approximate surface area is 107 Å². The molecule has 0 aliphatic rings. The van der Waals surface area contributed by atoms with Crippen LogP contribution >= 0.6 is 0 Å². The van der Waals surface area contributed by atoms with Gasteiger partial charge in [0, 0.05) is 5.54 Å². The molecule has 17 heavy (non-hydrogen) atoms. The Balaban J connectivity index is 3.58. The minimum Gasteiger partial charge on any atom is -0.350 e. The highest BCUT2D eigenvalue weighted by atomic mass is 16.2. The minimum atomic E-state index is -0.145. The lowest BCUT2D eigenvalue weighted by atomic mass is 10.1. The van der Waals surface area contributed by atoms with Crippen LogP contribution in [0, 0.1) is 0 Å². The Bertz CT molecular complexity index is 209. The van der Waals surface area contributed by atoms with Crippen LogP contribution in [0.15, 0.2) is 0 Å². The van der Waals surface area contributed by atoms with Crippen molar-refractivity contribution in [3.8, 4) is 0 Å². The van der Waals surface area contributed by atoms with Gasteiger partial charge in [-0.2, -0.15) is 0 Å². The lowest BCUT2D eigenvalue weighted by molar-refractivity contribution is -0.124. The van der Waals surface area contributed by atoms with Crippen LogP contribution in [0.3, 0.4) is 0 Å². The summed E-state index contributed by atoms with van der Waals surface area (Å²) in [6.07, 6.45) is 6.32. The highest BCUT2D eigenvalue weighted by Crippen LogP contribution is 2.02. The van der Waals surface area contributed by atoms with E-state index in [2.05, 4.69) is 17.6 Å². The van der Waals surface area contributed by atoms with Crippen LogP contribution in [0.1, 0.15) is 66.7 Å². The van der Waals surface area contributed by atoms with Gasteiger partial charge in [-0.1, -0.05) is 32.6 Å². The average Bonchev–Trinajstić information content (AvgIpc) is 2.20. The number of hydrogen-bond donors (Lipinski definition) is 2. The minimum absolute atomic E-state index is 0.0889. The van der Waals surface area contributed by atoms with Crippen LogP contribution < -0.4 is 10.6 Å². The Kier molecular flexibility index (Phi) is 8.23. The molecule has 0 aliphatic heterocycles. The normalized spacial score (nSPS) is 13.5. The SMILES string of the molecule is CCCCCCCNC(C)C(=O)NC(C)(C)C. The zero-order valence-electron chi connectivity index (χ0n) is 12.2. The van der Waals surface area contributed by atoms with E-state index in [1.807, 2.05) is 27.7 Å². The summed E-state index contributed by atoms with van der Waals surface area (Å²) in [5.41, 5.74) is -0.145. The van der Waals surface area contributed by atoms with Crippen molar-refractivity contribution in [2.75, 3.05) is 6.54 Å². The molecule has 102 valence electrons. The van der Waals surface area contributed by atoms with Crippen molar-refractivity contribution in [3.63, 3.8) is 0 Å². The third-order valence-corrected chi connectivity index (χ3v) is 2.62. The number of nitrogens with one attached hydrogen (secondary N) is 2. The molecule has 0 radical (unpaired) electrons. The van der Waals surface area contributed by atoms with Crippen LogP contribution in [0.4, 0.5) is 0 Å². The van der Waals surface area contributed by atoms with Gasteiger partial charge in [0.1, 0.15) is 0 Å². The van der Waals surface area contributed by atoms with E-state index < -0.39 is 0 Å². The number of carbonyl (C=O) groups excluding carboxylic acids is 1. The first-order chi connectivity index (χ1) is 7.87. The van der Waals surface area contributed by atoms with Crippen molar-refractivity contribution in [3.05, 3.63) is 0 Å². The van der Waals surface area contributed by atoms with Gasteiger partial charge in [0.25, 0.3) is 0 Å². The Morgan fingerprint density at radius 3 is 2.24 bits per heavy atom. The van der Waals surface area contributed by atoms with E-state index >= 15 is 0 Å². The van der Waals surface area contributed by atoms with Crippen molar-refractivity contribution >= 4 is 5.91 Å². The molecule has 3 nitrogen and oxygen atoms in total. The first-order valence-electron chi connectivity index (χ1n) is 6.92. The highest BCUT2D eigenvalue weighted by molar-refractivity contribution is 5.81. The second-order valence-electron chi connectivity index (χ2n) is 5.83. The summed E-state index contributed by atoms with van der Waals surface area (Å²) in [4.78, 5) is 11.8. The molecule has 1 unspecified atom stereocenters. The largest absolute Gasteiger partial charge is 0.350 e. The van der Waals surface area contributed by atoms with E-state index in [0.717, 1.165) is 13.0 Å². The molecule has 2 N–H and O–H groups in total. The smallest absolute Gasteiger partial charge is 0.237 e. The molecule has 0 saturated heterocycles. The maximum absolute atomic E-state index is 11.8. The molecule has 3 heteroatoms. The summed E-state index contributed by atoms with van der Waals surface area (Å²) in [6, 6.07) is -0.0969. The van der Waals surface area contributed by atoms with Gasteiger partial charge in [-0.3, -0.25) is 4.79 Å². The molecule has 0 aromatic carbocycles. The molecule has 0 heterocycles. The summed E-state index contributed by atoms with van der Waals surface area (Å²) in [7, 11) is 0. The van der Waals surface area contributed by atoms with Crippen molar-refractivity contribution < 1.29 is 4.79 Å². The molecule has 1 amide bonds. The van der Waals surface area contributed by atoms with Gasteiger partial charge in [-0.15, -0.1) is 0 Å². The van der Waals surface area contributed by atoms with Gasteiger partial charge in [0.2, 0.25) is 5.91 Å². The van der Waals surface area contributed by atoms with Gasteiger partial charge in [-0.05, 0) is 40.7 Å². The maximum atomic E-state index is 11.8. The first-order valence-corrected chi connectivity index (χ1v) is 6.92. The quantitative estimate of drug-likeness (QED) is 0.643. The summed E-state index contributed by atoms with van der Waals surface area (Å²) in [5, 5.41) is 6.25. The number of unbranched alkanes of at least 4 members (excludes halogenated alkanes) is 4. The monoisotopic (exact) mass is 242 g/mol. The molecule has 0 saturated carbocycles. The number of rotatable bonds is 8. The van der Waals surface area contributed by atoms with Crippen LogP contribution in [0.25, 0.3) is 0 Å². The second kappa shape index (κ2) is 8.51. The number of carbonyl (C=O) groups is 1. The molecular formula is C14H30N2O. The predicted octanol–water partition coefficient (Wildman–Crippen LogP) is 2.85. The second-order valence-corrected chi connectivity index (χ2v) is 5.83. The molecule has 0 aromatic rings. The van der Waals surface area contributed by atoms with E-state index in [4.69, 9.17) is 0 Å². The van der Waals surface area contributed by atoms with Crippen molar-refractivity contribution in [2.24, 2.45) is 0 Å². The maximum Gasteiger partial charge on any atom is 0.237 e. The summed E-state index contributed by atoms with van der Waals surface area (Å²) in [6.45, 7) is 11.1. The van der Waals surface area contributed by atoms with E-state index in [-0.39, 0.29) is 17.5 Å². The lowest BCUT2D eigenvalue weighted by Crippen LogP contribution is -2.49. The molecule has 0 aliphatic carbocycles. The van der Waals surface area contributed by atoms with Crippen molar-refractivity contribution in [1.82, 2.24) is 10.6 Å². The Morgan fingerprint density at radius 2 is 1.71 bits per heavy atom. The van der Waals surface area contributed by atoms with Crippen LogP contribution in [-0.4, -0.2) is 24.0 Å². The molecule has 0 spiro atoms. The fourth-order valence-electron chi connectivity index (χ4n) is 1.62. The Hall–Kier alpha value is -0.570. The number of hydrogen-bond acceptors (Lipinski definition) is 2. The molecule has 1 atom stereocenters. The topological polar surface area (TPSA) is 41.1 Å². The van der Waals surface area contributed by atoms with E-state index in [0.29, 0.717) is 0 Å². The Morgan fingerprint density at radius 1 is 1.12 bits per heavy atom. The molecule has 0 rings (SSSR count). The molecule has 0 fully saturated rings. The van der Waals surface area contributed by atoms with Gasteiger partial charge >= 0.3 is 0 Å². The number of amides is 1. The zero-order valence-corrected chi connectivity index (χ0v) is 12.2. The fourth-order valence-corrected chi connectivity index (χ4v) is 1.62. The lowest BCUT2D eigenvalue weighted by Gasteiger charge is -2.23. The van der Waals surface area contributed by atoms with Gasteiger partial charge < -0.3 is 10.6 Å². The van der Waals surface area contributed by atoms with Crippen LogP contribution in [0.2, 0.25) is 0 Å². The fraction of sp³-hybridized carbons (Fsp3) is 0.929. The summed E-state index contributed by atoms with van der Waals surface area (Å²) in [5.74, 6) is 0.0889. The standard InChI is InChI=1S/C14H30N2O/c1-6-7-8-9-10-11-15-12(2)13(17)16-14(3,4)5/h12,15H,6-11H2,1-5H3,(H,16,17). The molecular weight excluding hydrogens is 212 g/mol. The van der Waals surface area contributed by atoms with Crippen molar-refractivity contribution in [2.45, 2.75) is 78.3 Å². The van der Waals surface area contributed by atoms with Gasteiger partial charge in [0.05, 0.1) is 6.04 Å². The zero-order chi connectivity index (χ0) is 13.3. The predicted molar refractivity (Wildman–Crippen MR) is 74.1 cm³/mol. The van der Waals surface area contributed by atoms with Crippen molar-refractivity contribution in [1.29, 1.82) is 0 Å². The van der Waals surface area contributed by atoms with Gasteiger partial charge in [-0.25, -0.2) is 0 Å².